The van der Waals surface area contributed by atoms with Crippen LogP contribution >= 0.6 is 11.6 Å². The number of hydrogen-bond acceptors (Lipinski definition) is 3. The van der Waals surface area contributed by atoms with E-state index in [0.717, 1.165) is 6.42 Å². The van der Waals surface area contributed by atoms with E-state index >= 15 is 0 Å². The number of halogens is 1. The van der Waals surface area contributed by atoms with E-state index in [1.54, 1.807) is 24.1 Å². The van der Waals surface area contributed by atoms with Crippen LogP contribution in [0, 0.1) is 0 Å². The predicted molar refractivity (Wildman–Crippen MR) is 54.3 cm³/mol. The van der Waals surface area contributed by atoms with Crippen molar-refractivity contribution >= 4 is 17.5 Å². The van der Waals surface area contributed by atoms with Crippen LogP contribution in [0.4, 0.5) is 0 Å². The highest BCUT2D eigenvalue weighted by molar-refractivity contribution is 6.29. The van der Waals surface area contributed by atoms with Gasteiger partial charge in [-0.15, -0.1) is 0 Å². The van der Waals surface area contributed by atoms with Gasteiger partial charge in [-0.05, 0) is 36.7 Å². The first-order chi connectivity index (χ1) is 6.65. The number of nitrogens with two attached hydrogens (primary N) is 1. The largest absolute Gasteiger partial charge is 0.440 e. The zero-order valence-electron chi connectivity index (χ0n) is 8.00. The van der Waals surface area contributed by atoms with Crippen molar-refractivity contribution in [2.75, 3.05) is 20.1 Å². The fourth-order valence-electron chi connectivity index (χ4n) is 1.05. The summed E-state index contributed by atoms with van der Waals surface area (Å²) in [7, 11) is 1.70. The first-order valence-corrected chi connectivity index (χ1v) is 4.74. The van der Waals surface area contributed by atoms with Gasteiger partial charge in [0.25, 0.3) is 5.91 Å². The van der Waals surface area contributed by atoms with Gasteiger partial charge in [-0.3, -0.25) is 4.79 Å². The van der Waals surface area contributed by atoms with E-state index in [2.05, 4.69) is 0 Å². The molecule has 0 saturated carbocycles. The minimum absolute atomic E-state index is 0.176. The molecule has 0 saturated heterocycles. The summed E-state index contributed by atoms with van der Waals surface area (Å²) in [6, 6.07) is 3.11. The van der Waals surface area contributed by atoms with Crippen molar-refractivity contribution in [2.24, 2.45) is 5.73 Å². The SMILES string of the molecule is CN(CCCN)C(=O)c1ccc(Cl)o1. The lowest BCUT2D eigenvalue weighted by Gasteiger charge is -2.14. The third-order valence-corrected chi connectivity index (χ3v) is 2.03. The van der Waals surface area contributed by atoms with Crippen molar-refractivity contribution in [3.05, 3.63) is 23.1 Å². The van der Waals surface area contributed by atoms with Crippen LogP contribution in [0.5, 0.6) is 0 Å². The van der Waals surface area contributed by atoms with Crippen molar-refractivity contribution < 1.29 is 9.21 Å². The number of nitrogens with zero attached hydrogens (tertiary/aromatic N) is 1. The highest BCUT2D eigenvalue weighted by atomic mass is 35.5. The number of carbonyl (C=O) groups excluding carboxylic acids is 1. The molecule has 4 nitrogen and oxygen atoms in total. The van der Waals surface area contributed by atoms with E-state index in [0.29, 0.717) is 13.1 Å². The monoisotopic (exact) mass is 216 g/mol. The summed E-state index contributed by atoms with van der Waals surface area (Å²) >= 11 is 5.56. The Morgan fingerprint density at radius 2 is 2.36 bits per heavy atom. The quantitative estimate of drug-likeness (QED) is 0.827. The number of furan rings is 1. The second-order valence-electron chi connectivity index (χ2n) is 2.97. The molecule has 1 rings (SSSR count). The maximum absolute atomic E-state index is 11.6. The summed E-state index contributed by atoms with van der Waals surface area (Å²) < 4.78 is 4.99. The van der Waals surface area contributed by atoms with E-state index in [1.165, 1.54) is 0 Å². The molecule has 0 aromatic carbocycles. The van der Waals surface area contributed by atoms with Crippen LogP contribution in [0.3, 0.4) is 0 Å². The second kappa shape index (κ2) is 5.02. The molecule has 1 heterocycles. The van der Waals surface area contributed by atoms with Crippen molar-refractivity contribution in [2.45, 2.75) is 6.42 Å². The molecular formula is C9H13ClN2O2. The maximum Gasteiger partial charge on any atom is 0.289 e. The topological polar surface area (TPSA) is 59.5 Å². The lowest BCUT2D eigenvalue weighted by atomic mass is 10.3. The Labute approximate surface area is 87.6 Å². The summed E-state index contributed by atoms with van der Waals surface area (Å²) in [5, 5.41) is 0.223. The van der Waals surface area contributed by atoms with Crippen LogP contribution in [0.2, 0.25) is 5.22 Å². The van der Waals surface area contributed by atoms with Crippen molar-refractivity contribution in [1.82, 2.24) is 4.90 Å². The van der Waals surface area contributed by atoms with E-state index in [9.17, 15) is 4.79 Å². The molecule has 0 radical (unpaired) electrons. The summed E-state index contributed by atoms with van der Waals surface area (Å²) in [6.45, 7) is 1.18. The zero-order valence-corrected chi connectivity index (χ0v) is 8.75. The Bertz CT molecular complexity index is 312. The summed E-state index contributed by atoms with van der Waals surface area (Å²) in [5.74, 6) is 0.0832. The zero-order chi connectivity index (χ0) is 10.6. The Hall–Kier alpha value is -1.00. The molecule has 0 aliphatic carbocycles. The molecule has 0 bridgehead atoms. The molecule has 1 aromatic rings. The molecule has 14 heavy (non-hydrogen) atoms. The van der Waals surface area contributed by atoms with Gasteiger partial charge in [0.15, 0.2) is 11.0 Å². The van der Waals surface area contributed by atoms with Gasteiger partial charge in [0, 0.05) is 13.6 Å². The van der Waals surface area contributed by atoms with Gasteiger partial charge in [-0.25, -0.2) is 0 Å². The summed E-state index contributed by atoms with van der Waals surface area (Å²) in [6.07, 6.45) is 0.774. The third-order valence-electron chi connectivity index (χ3n) is 1.83. The highest BCUT2D eigenvalue weighted by Gasteiger charge is 2.14. The molecule has 5 heteroatoms. The molecule has 2 N–H and O–H groups in total. The molecule has 0 unspecified atom stereocenters. The second-order valence-corrected chi connectivity index (χ2v) is 3.35. The fourth-order valence-corrected chi connectivity index (χ4v) is 1.19. The van der Waals surface area contributed by atoms with E-state index in [4.69, 9.17) is 21.8 Å². The van der Waals surface area contributed by atoms with Crippen LogP contribution in [0.1, 0.15) is 17.0 Å². The van der Waals surface area contributed by atoms with Gasteiger partial charge in [0.2, 0.25) is 0 Å². The highest BCUT2D eigenvalue weighted by Crippen LogP contribution is 2.14. The molecular weight excluding hydrogens is 204 g/mol. The predicted octanol–water partition coefficient (Wildman–Crippen LogP) is 1.35. The molecule has 0 atom stereocenters. The standard InChI is InChI=1S/C9H13ClN2O2/c1-12(6-2-5-11)9(13)7-3-4-8(10)14-7/h3-4H,2,5-6,11H2,1H3. The first kappa shape index (κ1) is 11.1. The van der Waals surface area contributed by atoms with Crippen LogP contribution < -0.4 is 5.73 Å². The lowest BCUT2D eigenvalue weighted by Crippen LogP contribution is -2.28. The maximum atomic E-state index is 11.6. The van der Waals surface area contributed by atoms with Crippen LogP contribution in [-0.4, -0.2) is 30.9 Å². The Kier molecular flexibility index (Phi) is 3.98. The molecule has 1 amide bonds. The average Bonchev–Trinajstić information content (AvgIpc) is 2.60. The van der Waals surface area contributed by atoms with Gasteiger partial charge in [-0.2, -0.15) is 0 Å². The average molecular weight is 217 g/mol. The Morgan fingerprint density at radius 1 is 1.64 bits per heavy atom. The van der Waals surface area contributed by atoms with E-state index < -0.39 is 0 Å². The fraction of sp³-hybridized carbons (Fsp3) is 0.444. The smallest absolute Gasteiger partial charge is 0.289 e. The molecule has 0 aliphatic rings. The molecule has 1 aromatic heterocycles. The van der Waals surface area contributed by atoms with Crippen molar-refractivity contribution in [1.29, 1.82) is 0 Å². The minimum atomic E-state index is -0.176. The van der Waals surface area contributed by atoms with Gasteiger partial charge in [0.1, 0.15) is 0 Å². The van der Waals surface area contributed by atoms with Crippen LogP contribution in [0.25, 0.3) is 0 Å². The van der Waals surface area contributed by atoms with Crippen LogP contribution in [0.15, 0.2) is 16.5 Å². The van der Waals surface area contributed by atoms with E-state index in [1.807, 2.05) is 0 Å². The summed E-state index contributed by atoms with van der Waals surface area (Å²) in [5.41, 5.74) is 5.34. The van der Waals surface area contributed by atoms with Gasteiger partial charge in [0.05, 0.1) is 0 Å². The normalized spacial score (nSPS) is 10.2. The Morgan fingerprint density at radius 3 is 2.86 bits per heavy atom. The number of amides is 1. The molecule has 78 valence electrons. The third kappa shape index (κ3) is 2.75. The first-order valence-electron chi connectivity index (χ1n) is 4.36. The molecule has 0 aliphatic heterocycles. The van der Waals surface area contributed by atoms with Gasteiger partial charge >= 0.3 is 0 Å². The van der Waals surface area contributed by atoms with E-state index in [-0.39, 0.29) is 16.9 Å². The van der Waals surface area contributed by atoms with Gasteiger partial charge in [-0.1, -0.05) is 0 Å². The minimum Gasteiger partial charge on any atom is -0.440 e. The lowest BCUT2D eigenvalue weighted by molar-refractivity contribution is 0.0763. The number of carbonyl (C=O) groups is 1. The molecule has 0 fully saturated rings. The van der Waals surface area contributed by atoms with Crippen LogP contribution in [-0.2, 0) is 0 Å². The van der Waals surface area contributed by atoms with Gasteiger partial charge < -0.3 is 15.1 Å². The Balaban J connectivity index is 2.56. The number of hydrogen-bond donors (Lipinski definition) is 1. The van der Waals surface area contributed by atoms with Crippen molar-refractivity contribution in [3.63, 3.8) is 0 Å². The summed E-state index contributed by atoms with van der Waals surface area (Å²) in [4.78, 5) is 13.2. The van der Waals surface area contributed by atoms with Crippen molar-refractivity contribution in [3.8, 4) is 0 Å². The number of rotatable bonds is 4. The molecule has 0 spiro atoms.